The number of pyridine rings is 1. The van der Waals surface area contributed by atoms with Crippen molar-refractivity contribution in [1.29, 1.82) is 0 Å². The average molecular weight is 498 g/mol. The molecule has 7 nitrogen and oxygen atoms in total. The van der Waals surface area contributed by atoms with Crippen molar-refractivity contribution >= 4 is 29.0 Å². The number of carbonyl (C=O) groups excluding carboxylic acids is 2. The number of rotatable bonds is 6. The highest BCUT2D eigenvalue weighted by Crippen LogP contribution is 2.39. The lowest BCUT2D eigenvalue weighted by molar-refractivity contribution is -0.117. The van der Waals surface area contributed by atoms with Gasteiger partial charge in [-0.25, -0.2) is 9.37 Å². The van der Waals surface area contributed by atoms with Crippen LogP contribution in [0.15, 0.2) is 72.9 Å². The third kappa shape index (κ3) is 4.82. The highest BCUT2D eigenvalue weighted by atomic mass is 19.1. The molecule has 3 N–H and O–H groups in total. The molecule has 0 saturated heterocycles. The molecule has 2 aromatic carbocycles. The van der Waals surface area contributed by atoms with Crippen LogP contribution in [0.2, 0.25) is 0 Å². The maximum atomic E-state index is 13.3. The second-order valence-corrected chi connectivity index (χ2v) is 9.38. The van der Waals surface area contributed by atoms with Crippen molar-refractivity contribution in [3.05, 3.63) is 95.6 Å². The van der Waals surface area contributed by atoms with Crippen molar-refractivity contribution in [3.63, 3.8) is 0 Å². The second-order valence-electron chi connectivity index (χ2n) is 9.38. The van der Waals surface area contributed by atoms with Gasteiger partial charge in [0.15, 0.2) is 0 Å². The van der Waals surface area contributed by atoms with E-state index in [0.717, 1.165) is 22.6 Å². The molecule has 8 heteroatoms. The summed E-state index contributed by atoms with van der Waals surface area (Å²) in [7, 11) is 1.82. The summed E-state index contributed by atoms with van der Waals surface area (Å²) in [5.74, 6) is -0.764. The molecule has 1 aliphatic rings. The van der Waals surface area contributed by atoms with Crippen molar-refractivity contribution < 1.29 is 14.0 Å². The Bertz CT molecular complexity index is 1450. The number of halogens is 1. The minimum atomic E-state index is -0.492. The number of fused-ring (bicyclic) bond motifs is 1. The van der Waals surface area contributed by atoms with Crippen molar-refractivity contribution in [1.82, 2.24) is 14.9 Å². The number of hydrogen-bond acceptors (Lipinski definition) is 4. The Balaban J connectivity index is 1.49. The van der Waals surface area contributed by atoms with Crippen LogP contribution in [0.1, 0.15) is 41.4 Å². The van der Waals surface area contributed by atoms with Crippen LogP contribution in [0, 0.1) is 5.82 Å². The smallest absolute Gasteiger partial charge is 0.257 e. The zero-order chi connectivity index (χ0) is 26.1. The zero-order valence-corrected chi connectivity index (χ0v) is 20.9. The fourth-order valence-electron chi connectivity index (χ4n) is 4.55. The molecule has 188 valence electrons. The number of hydrogen-bond donors (Lipinski definition) is 3. The SMILES string of the molecule is CC(C(=O)Nc1cc(-c2[nH]c3c(c2Nc2ccccc2)C(=O)N(C)[C@H](C)C3)ccn1)c1ccc(F)cc1. The van der Waals surface area contributed by atoms with Gasteiger partial charge in [-0.3, -0.25) is 9.59 Å². The highest BCUT2D eigenvalue weighted by molar-refractivity contribution is 6.06. The molecule has 2 amide bonds. The Labute approximate surface area is 214 Å². The molecule has 5 rings (SSSR count). The summed E-state index contributed by atoms with van der Waals surface area (Å²) in [5, 5.41) is 6.30. The van der Waals surface area contributed by atoms with Crippen LogP contribution in [0.5, 0.6) is 0 Å². The number of para-hydroxylation sites is 1. The van der Waals surface area contributed by atoms with E-state index in [2.05, 4.69) is 20.6 Å². The number of aromatic nitrogens is 2. The predicted octanol–water partition coefficient (Wildman–Crippen LogP) is 5.72. The third-order valence-corrected chi connectivity index (χ3v) is 6.88. The van der Waals surface area contributed by atoms with Crippen molar-refractivity contribution in [3.8, 4) is 11.3 Å². The van der Waals surface area contributed by atoms with Gasteiger partial charge in [0, 0.05) is 42.7 Å². The minimum Gasteiger partial charge on any atom is -0.356 e. The Kier molecular flexibility index (Phi) is 6.48. The topological polar surface area (TPSA) is 90.1 Å². The second kappa shape index (κ2) is 9.89. The summed E-state index contributed by atoms with van der Waals surface area (Å²) in [6, 6.07) is 19.2. The van der Waals surface area contributed by atoms with Gasteiger partial charge >= 0.3 is 0 Å². The predicted molar refractivity (Wildman–Crippen MR) is 142 cm³/mol. The van der Waals surface area contributed by atoms with Crippen molar-refractivity contribution in [2.45, 2.75) is 32.2 Å². The van der Waals surface area contributed by atoms with Gasteiger partial charge in [0.05, 0.1) is 22.9 Å². The van der Waals surface area contributed by atoms with Gasteiger partial charge in [-0.05, 0) is 55.8 Å². The number of nitrogens with one attached hydrogen (secondary N) is 3. The summed E-state index contributed by atoms with van der Waals surface area (Å²) in [4.78, 5) is 35.8. The van der Waals surface area contributed by atoms with Gasteiger partial charge in [-0.15, -0.1) is 0 Å². The molecule has 0 radical (unpaired) electrons. The van der Waals surface area contributed by atoms with E-state index in [1.54, 1.807) is 36.2 Å². The normalized spacial score (nSPS) is 15.7. The number of aromatic amines is 1. The van der Waals surface area contributed by atoms with E-state index in [4.69, 9.17) is 0 Å². The van der Waals surface area contributed by atoms with E-state index in [1.165, 1.54) is 12.1 Å². The van der Waals surface area contributed by atoms with Crippen LogP contribution in [-0.4, -0.2) is 39.8 Å². The van der Waals surface area contributed by atoms with Crippen LogP contribution >= 0.6 is 0 Å². The molecule has 1 unspecified atom stereocenters. The van der Waals surface area contributed by atoms with E-state index in [-0.39, 0.29) is 23.7 Å². The molecule has 3 heterocycles. The first-order chi connectivity index (χ1) is 17.8. The summed E-state index contributed by atoms with van der Waals surface area (Å²) in [5.41, 5.74) is 5.26. The molecule has 0 spiro atoms. The van der Waals surface area contributed by atoms with Gasteiger partial charge < -0.3 is 20.5 Å². The number of amides is 2. The Morgan fingerprint density at radius 1 is 1.14 bits per heavy atom. The average Bonchev–Trinajstić information content (AvgIpc) is 3.25. The molecule has 0 aliphatic carbocycles. The summed E-state index contributed by atoms with van der Waals surface area (Å²) >= 11 is 0. The summed E-state index contributed by atoms with van der Waals surface area (Å²) in [6.45, 7) is 3.78. The maximum Gasteiger partial charge on any atom is 0.257 e. The van der Waals surface area contributed by atoms with Crippen LogP contribution in [0.3, 0.4) is 0 Å². The number of nitrogens with zero attached hydrogens (tertiary/aromatic N) is 2. The molecule has 4 aromatic rings. The lowest BCUT2D eigenvalue weighted by Crippen LogP contribution is -2.41. The van der Waals surface area contributed by atoms with Gasteiger partial charge in [-0.1, -0.05) is 30.3 Å². The Morgan fingerprint density at radius 2 is 1.86 bits per heavy atom. The fraction of sp³-hybridized carbons (Fsp3) is 0.207. The summed E-state index contributed by atoms with van der Waals surface area (Å²) in [6.07, 6.45) is 2.32. The first-order valence-corrected chi connectivity index (χ1v) is 12.2. The van der Waals surface area contributed by atoms with E-state index >= 15 is 0 Å². The van der Waals surface area contributed by atoms with Crippen LogP contribution in [0.4, 0.5) is 21.6 Å². The first-order valence-electron chi connectivity index (χ1n) is 12.2. The monoisotopic (exact) mass is 497 g/mol. The number of likely N-dealkylation sites (N-methyl/N-ethyl adjacent to an activating group) is 1. The van der Waals surface area contributed by atoms with Gasteiger partial charge in [0.25, 0.3) is 5.91 Å². The maximum absolute atomic E-state index is 13.3. The quantitative estimate of drug-likeness (QED) is 0.318. The van der Waals surface area contributed by atoms with Gasteiger partial charge in [0.2, 0.25) is 5.91 Å². The molecule has 37 heavy (non-hydrogen) atoms. The number of H-pyrrole nitrogens is 1. The van der Waals surface area contributed by atoms with Gasteiger partial charge in [-0.2, -0.15) is 0 Å². The van der Waals surface area contributed by atoms with Gasteiger partial charge in [0.1, 0.15) is 11.6 Å². The largest absolute Gasteiger partial charge is 0.356 e. The lowest BCUT2D eigenvalue weighted by atomic mass is 9.99. The number of benzene rings is 2. The Morgan fingerprint density at radius 3 is 2.59 bits per heavy atom. The number of carbonyl (C=O) groups is 2. The molecule has 2 atom stereocenters. The lowest BCUT2D eigenvalue weighted by Gasteiger charge is -2.30. The third-order valence-electron chi connectivity index (χ3n) is 6.88. The highest BCUT2D eigenvalue weighted by Gasteiger charge is 2.33. The standard InChI is InChI=1S/C29H28FN5O2/c1-17-15-23-25(29(37)35(17)3)27(32-22-7-5-4-6-8-22)26(33-23)20-13-14-31-24(16-20)34-28(36)18(2)19-9-11-21(30)12-10-19/h4-14,16-18,32-33H,15H2,1-3H3,(H,31,34,36)/t17-,18?/m1/s1. The Hall–Kier alpha value is -4.46. The zero-order valence-electron chi connectivity index (χ0n) is 20.9. The van der Waals surface area contributed by atoms with Crippen molar-refractivity contribution in [2.75, 3.05) is 17.7 Å². The molecule has 0 fully saturated rings. The van der Waals surface area contributed by atoms with Crippen LogP contribution in [-0.2, 0) is 11.2 Å². The first kappa shape index (κ1) is 24.2. The van der Waals surface area contributed by atoms with Crippen LogP contribution in [0.25, 0.3) is 11.3 Å². The van der Waals surface area contributed by atoms with Crippen molar-refractivity contribution in [2.24, 2.45) is 0 Å². The minimum absolute atomic E-state index is 0.0506. The molecule has 2 aromatic heterocycles. The molecular formula is C29H28FN5O2. The molecule has 0 bridgehead atoms. The fourth-order valence-corrected chi connectivity index (χ4v) is 4.55. The van der Waals surface area contributed by atoms with Crippen LogP contribution < -0.4 is 10.6 Å². The van der Waals surface area contributed by atoms with E-state index < -0.39 is 5.92 Å². The van der Waals surface area contributed by atoms with E-state index in [1.807, 2.05) is 50.4 Å². The number of anilines is 3. The van der Waals surface area contributed by atoms with E-state index in [9.17, 15) is 14.0 Å². The van der Waals surface area contributed by atoms with E-state index in [0.29, 0.717) is 29.1 Å². The molecule has 0 saturated carbocycles. The molecular weight excluding hydrogens is 469 g/mol. The molecule has 1 aliphatic heterocycles. The summed E-state index contributed by atoms with van der Waals surface area (Å²) < 4.78 is 13.3.